The van der Waals surface area contributed by atoms with Gasteiger partial charge >= 0.3 is 0 Å². The number of hydrogen-bond acceptors (Lipinski definition) is 1. The maximum Gasteiger partial charge on any atom is 0.119 e. The van der Waals surface area contributed by atoms with Gasteiger partial charge in [0.15, 0.2) is 0 Å². The van der Waals surface area contributed by atoms with Gasteiger partial charge in [0.25, 0.3) is 0 Å². The summed E-state index contributed by atoms with van der Waals surface area (Å²) in [6, 6.07) is 25.0. The molecule has 0 unspecified atom stereocenters. The molecule has 0 aliphatic heterocycles. The van der Waals surface area contributed by atoms with Crippen LogP contribution in [0.1, 0.15) is 150 Å². The molecule has 0 aliphatic rings. The zero-order valence-electron chi connectivity index (χ0n) is 33.2. The van der Waals surface area contributed by atoms with Gasteiger partial charge in [0.1, 0.15) is 5.75 Å². The molecule has 0 spiro atoms. The Morgan fingerprint density at radius 2 is 0.714 bits per heavy atom. The fourth-order valence-corrected chi connectivity index (χ4v) is 9.01. The third-order valence-corrected chi connectivity index (χ3v) is 11.6. The van der Waals surface area contributed by atoms with Gasteiger partial charge in [-0.1, -0.05) is 144 Å². The molecule has 0 aromatic heterocycles. The van der Waals surface area contributed by atoms with Crippen molar-refractivity contribution in [1.29, 1.82) is 0 Å². The van der Waals surface area contributed by atoms with Gasteiger partial charge in [0.05, 0.1) is 0 Å². The maximum absolute atomic E-state index is 11.9. The minimum Gasteiger partial charge on any atom is -0.508 e. The number of rotatable bonds is 15. The molecule has 0 atom stereocenters. The van der Waals surface area contributed by atoms with E-state index in [4.69, 9.17) is 0 Å². The molecule has 1 heteroatoms. The summed E-state index contributed by atoms with van der Waals surface area (Å²) in [6.45, 7) is 28.2. The predicted octanol–water partition coefficient (Wildman–Crippen LogP) is 12.3. The monoisotopic (exact) mass is 659 g/mol. The summed E-state index contributed by atoms with van der Waals surface area (Å²) in [5.74, 6) is 0.436. The largest absolute Gasteiger partial charge is 0.508 e. The van der Waals surface area contributed by atoms with Crippen LogP contribution in [0.25, 0.3) is 0 Å². The molecule has 4 aromatic rings. The van der Waals surface area contributed by atoms with Gasteiger partial charge < -0.3 is 5.11 Å². The van der Waals surface area contributed by atoms with Crippen molar-refractivity contribution >= 4 is 0 Å². The summed E-state index contributed by atoms with van der Waals surface area (Å²) in [5, 5.41) is 11.9. The van der Waals surface area contributed by atoms with Crippen LogP contribution in [0.15, 0.2) is 66.7 Å². The van der Waals surface area contributed by atoms with Crippen LogP contribution in [0.5, 0.6) is 5.75 Å². The van der Waals surface area contributed by atoms with Crippen molar-refractivity contribution in [2.75, 3.05) is 0 Å². The van der Waals surface area contributed by atoms with Crippen LogP contribution < -0.4 is 0 Å². The molecule has 0 aliphatic carbocycles. The molecule has 0 amide bonds. The lowest BCUT2D eigenvalue weighted by Crippen LogP contribution is -2.29. The highest BCUT2D eigenvalue weighted by Crippen LogP contribution is 2.42. The van der Waals surface area contributed by atoms with E-state index in [1.165, 1.54) is 61.2 Å². The smallest absolute Gasteiger partial charge is 0.119 e. The van der Waals surface area contributed by atoms with Crippen LogP contribution in [-0.4, -0.2) is 5.11 Å². The van der Waals surface area contributed by atoms with Crippen molar-refractivity contribution in [3.63, 3.8) is 0 Å². The number of aromatic hydroxyl groups is 1. The Hall–Kier alpha value is -3.32. The summed E-state index contributed by atoms with van der Waals surface area (Å²) in [7, 11) is 0. The first-order valence-electron chi connectivity index (χ1n) is 19.4. The van der Waals surface area contributed by atoms with E-state index < -0.39 is 0 Å². The summed E-state index contributed by atoms with van der Waals surface area (Å²) in [4.78, 5) is 0. The van der Waals surface area contributed by atoms with Crippen LogP contribution in [0.3, 0.4) is 0 Å². The van der Waals surface area contributed by atoms with E-state index in [1.807, 2.05) is 6.07 Å². The molecule has 49 heavy (non-hydrogen) atoms. The molecule has 0 heterocycles. The number of aryl methyl sites for hydroxylation is 3. The topological polar surface area (TPSA) is 20.2 Å². The normalized spacial score (nSPS) is 12.5. The highest BCUT2D eigenvalue weighted by molar-refractivity contribution is 5.52. The van der Waals surface area contributed by atoms with Crippen LogP contribution in [0.2, 0.25) is 0 Å². The van der Waals surface area contributed by atoms with Crippen molar-refractivity contribution in [2.45, 2.75) is 157 Å². The molecule has 264 valence electrons. The van der Waals surface area contributed by atoms with E-state index in [9.17, 15) is 5.11 Å². The molecule has 1 N–H and O–H groups in total. The van der Waals surface area contributed by atoms with Crippen molar-refractivity contribution in [2.24, 2.45) is 0 Å². The third kappa shape index (κ3) is 8.03. The highest BCUT2D eigenvalue weighted by atomic mass is 16.3. The van der Waals surface area contributed by atoms with Crippen molar-refractivity contribution in [3.8, 4) is 5.75 Å². The fourth-order valence-electron chi connectivity index (χ4n) is 9.01. The van der Waals surface area contributed by atoms with Gasteiger partial charge in [-0.2, -0.15) is 0 Å². The summed E-state index contributed by atoms with van der Waals surface area (Å²) >= 11 is 0. The summed E-state index contributed by atoms with van der Waals surface area (Å²) in [5.41, 5.74) is 16.6. The Morgan fingerprint density at radius 3 is 1.06 bits per heavy atom. The minimum absolute atomic E-state index is 0.0687. The van der Waals surface area contributed by atoms with Gasteiger partial charge in [-0.25, -0.2) is 0 Å². The molecule has 0 fully saturated rings. The number of benzene rings is 4. The van der Waals surface area contributed by atoms with Crippen molar-refractivity contribution in [1.82, 2.24) is 0 Å². The first-order valence-corrected chi connectivity index (χ1v) is 19.4. The Kier molecular flexibility index (Phi) is 12.3. The number of phenolic OH excluding ortho intramolecular Hbond substituents is 1. The fraction of sp³-hybridized carbons (Fsp3) is 0.500. The molecule has 4 rings (SSSR count). The van der Waals surface area contributed by atoms with E-state index >= 15 is 0 Å². The lowest BCUT2D eigenvalue weighted by Gasteiger charge is -2.36. The second kappa shape index (κ2) is 15.7. The molecular weight excluding hydrogens is 593 g/mol. The van der Waals surface area contributed by atoms with Crippen LogP contribution in [0, 0.1) is 0 Å². The molecule has 1 nitrogen and oxygen atoms in total. The van der Waals surface area contributed by atoms with Gasteiger partial charge in [-0.15, -0.1) is 0 Å². The maximum atomic E-state index is 11.9. The first-order chi connectivity index (χ1) is 23.2. The van der Waals surface area contributed by atoms with E-state index in [0.29, 0.717) is 5.75 Å². The molecule has 4 aromatic carbocycles. The van der Waals surface area contributed by atoms with Gasteiger partial charge in [0, 0.05) is 0 Å². The first kappa shape index (κ1) is 38.5. The van der Waals surface area contributed by atoms with E-state index in [-0.39, 0.29) is 16.2 Å². The van der Waals surface area contributed by atoms with Gasteiger partial charge in [-0.05, 0) is 147 Å². The van der Waals surface area contributed by atoms with Crippen LogP contribution in [-0.2, 0) is 74.0 Å². The number of hydrogen-bond donors (Lipinski definition) is 1. The SMILES string of the molecule is CCc1cccc(C(C)(C)Cc2ccc(O)c(CC(C)(C)c3cccc(CC)c3CC)c2CC(C)(C)c2cccc(CC)c2CC)c1CC. The molecular formula is C48H66O. The predicted molar refractivity (Wildman–Crippen MR) is 214 cm³/mol. The quantitative estimate of drug-likeness (QED) is 0.135. The zero-order chi connectivity index (χ0) is 36.1. The summed E-state index contributed by atoms with van der Waals surface area (Å²) < 4.78 is 0. The molecule has 0 saturated carbocycles. The average Bonchev–Trinajstić information content (AvgIpc) is 3.09. The lowest BCUT2D eigenvalue weighted by atomic mass is 9.69. The second-order valence-electron chi connectivity index (χ2n) is 16.3. The Bertz CT molecular complexity index is 1730. The molecule has 0 radical (unpaired) electrons. The third-order valence-electron chi connectivity index (χ3n) is 11.6. The lowest BCUT2D eigenvalue weighted by molar-refractivity contribution is 0.438. The molecule has 0 bridgehead atoms. The van der Waals surface area contributed by atoms with Crippen molar-refractivity contribution in [3.05, 3.63) is 133 Å². The number of phenols is 1. The highest BCUT2D eigenvalue weighted by Gasteiger charge is 2.33. The Labute approximate surface area is 300 Å². The van der Waals surface area contributed by atoms with E-state index in [0.717, 1.165) is 63.4 Å². The van der Waals surface area contributed by atoms with Gasteiger partial charge in [-0.3, -0.25) is 0 Å². The Balaban J connectivity index is 1.94. The second-order valence-corrected chi connectivity index (χ2v) is 16.3. The van der Waals surface area contributed by atoms with E-state index in [2.05, 4.69) is 144 Å². The standard InChI is InChI=1S/C48H66O/c1-13-33-22-19-25-42(37(33)16-4)46(7,8)30-36-28-29-45(49)41(32-48(11,12)44-27-21-24-35(15-3)39(44)18-6)40(36)31-47(9,10)43-26-20-23-34(14-2)38(43)17-5/h19-29,49H,13-18,30-32H2,1-12H3. The van der Waals surface area contributed by atoms with Gasteiger partial charge in [0.2, 0.25) is 0 Å². The Morgan fingerprint density at radius 1 is 0.367 bits per heavy atom. The minimum atomic E-state index is -0.150. The van der Waals surface area contributed by atoms with E-state index in [1.54, 1.807) is 0 Å². The zero-order valence-corrected chi connectivity index (χ0v) is 33.2. The van der Waals surface area contributed by atoms with Crippen molar-refractivity contribution < 1.29 is 5.11 Å². The molecule has 0 saturated heterocycles. The van der Waals surface area contributed by atoms with Crippen LogP contribution in [0.4, 0.5) is 0 Å². The average molecular weight is 659 g/mol. The van der Waals surface area contributed by atoms with Crippen LogP contribution >= 0.6 is 0 Å². The summed E-state index contributed by atoms with van der Waals surface area (Å²) in [6.07, 6.45) is 8.83.